The molecule has 0 aliphatic carbocycles. The second-order valence-electron chi connectivity index (χ2n) is 3.13. The van der Waals surface area contributed by atoms with E-state index in [0.29, 0.717) is 6.54 Å². The highest BCUT2D eigenvalue weighted by atomic mass is 31.1. The summed E-state index contributed by atoms with van der Waals surface area (Å²) < 4.78 is 0. The van der Waals surface area contributed by atoms with Gasteiger partial charge < -0.3 is 11.1 Å². The Bertz CT molecular complexity index is 351. The fourth-order valence-electron chi connectivity index (χ4n) is 1.13. The van der Waals surface area contributed by atoms with Crippen LogP contribution in [0.4, 0.5) is 0 Å². The first-order chi connectivity index (χ1) is 7.68. The molecule has 0 heterocycles. The van der Waals surface area contributed by atoms with Gasteiger partial charge in [0.15, 0.2) is 11.9 Å². The van der Waals surface area contributed by atoms with Gasteiger partial charge in [-0.25, -0.2) is 0 Å². The Morgan fingerprint density at radius 3 is 2.56 bits per heavy atom. The van der Waals surface area contributed by atoms with Crippen LogP contribution in [0.15, 0.2) is 30.3 Å². The third-order valence-electron chi connectivity index (χ3n) is 1.79. The predicted molar refractivity (Wildman–Crippen MR) is 70.0 cm³/mol. The van der Waals surface area contributed by atoms with Crippen LogP contribution in [-0.2, 0) is 0 Å². The quantitative estimate of drug-likeness (QED) is 0.220. The zero-order valence-corrected chi connectivity index (χ0v) is 9.88. The fourth-order valence-corrected chi connectivity index (χ4v) is 2.10. The van der Waals surface area contributed by atoms with Crippen LogP contribution in [0.25, 0.3) is 0 Å². The standard InChI is InChI=1S/C10H16N5P/c11-9(12)15-10(13)14-6-7-16-8-4-2-1-3-5-8/h1-5,16H,6-7H2,(H6,11,12,13,14,15). The topological polar surface area (TPSA) is 97.8 Å². The van der Waals surface area contributed by atoms with E-state index in [4.69, 9.17) is 16.6 Å². The zero-order valence-electron chi connectivity index (χ0n) is 8.88. The molecule has 0 saturated carbocycles. The summed E-state index contributed by atoms with van der Waals surface area (Å²) in [5.74, 6) is -0.145. The molecule has 0 amide bonds. The highest BCUT2D eigenvalue weighted by Crippen LogP contribution is 2.07. The minimum absolute atomic E-state index is 0.0744. The van der Waals surface area contributed by atoms with E-state index in [9.17, 15) is 0 Å². The molecule has 0 fully saturated rings. The van der Waals surface area contributed by atoms with Gasteiger partial charge in [0.1, 0.15) is 0 Å². The summed E-state index contributed by atoms with van der Waals surface area (Å²) in [6, 6.07) is 10.2. The van der Waals surface area contributed by atoms with E-state index in [1.807, 2.05) is 18.2 Å². The molecule has 16 heavy (non-hydrogen) atoms. The molecule has 1 atom stereocenters. The number of guanidine groups is 2. The van der Waals surface area contributed by atoms with Crippen LogP contribution in [0.3, 0.4) is 0 Å². The maximum Gasteiger partial charge on any atom is 0.195 e. The third-order valence-corrected chi connectivity index (χ3v) is 3.03. The van der Waals surface area contributed by atoms with E-state index in [1.165, 1.54) is 5.30 Å². The number of hydrogen-bond acceptors (Lipinski definition) is 2. The first kappa shape index (κ1) is 12.5. The molecule has 5 nitrogen and oxygen atoms in total. The Morgan fingerprint density at radius 1 is 1.25 bits per heavy atom. The van der Waals surface area contributed by atoms with E-state index in [-0.39, 0.29) is 11.9 Å². The third kappa shape index (κ3) is 5.32. The van der Waals surface area contributed by atoms with Crippen molar-refractivity contribution in [3.63, 3.8) is 0 Å². The van der Waals surface area contributed by atoms with Crippen molar-refractivity contribution in [3.8, 4) is 0 Å². The molecule has 0 saturated heterocycles. The normalized spacial score (nSPS) is 10.2. The molecule has 6 heteroatoms. The number of nitrogens with two attached hydrogens (primary N) is 1. The summed E-state index contributed by atoms with van der Waals surface area (Å²) in [6.07, 6.45) is 0.964. The zero-order chi connectivity index (χ0) is 11.8. The Labute approximate surface area is 96.6 Å². The Kier molecular flexibility index (Phi) is 5.29. The van der Waals surface area contributed by atoms with Crippen molar-refractivity contribution in [2.45, 2.75) is 0 Å². The molecule has 0 bridgehead atoms. The molecular weight excluding hydrogens is 221 g/mol. The lowest BCUT2D eigenvalue weighted by molar-refractivity contribution is 0.928. The fraction of sp³-hybridized carbons (Fsp3) is 0.200. The van der Waals surface area contributed by atoms with Crippen LogP contribution in [-0.4, -0.2) is 24.6 Å². The molecule has 6 N–H and O–H groups in total. The van der Waals surface area contributed by atoms with Crippen LogP contribution in [0.1, 0.15) is 0 Å². The minimum atomic E-state index is -0.219. The van der Waals surface area contributed by atoms with E-state index in [0.717, 1.165) is 14.7 Å². The van der Waals surface area contributed by atoms with Gasteiger partial charge in [0.25, 0.3) is 0 Å². The Hall–Kier alpha value is -1.61. The highest BCUT2D eigenvalue weighted by Gasteiger charge is 1.96. The molecule has 1 unspecified atom stereocenters. The Balaban J connectivity index is 2.13. The number of benzene rings is 1. The molecule has 0 spiro atoms. The van der Waals surface area contributed by atoms with E-state index < -0.39 is 0 Å². The first-order valence-corrected chi connectivity index (χ1v) is 6.11. The van der Waals surface area contributed by atoms with Crippen LogP contribution >= 0.6 is 8.58 Å². The van der Waals surface area contributed by atoms with Crippen molar-refractivity contribution in [3.05, 3.63) is 30.3 Å². The molecule has 1 aromatic rings. The second kappa shape index (κ2) is 6.80. The van der Waals surface area contributed by atoms with Crippen molar-refractivity contribution >= 4 is 25.8 Å². The van der Waals surface area contributed by atoms with Gasteiger partial charge in [-0.3, -0.25) is 16.1 Å². The number of hydrogen-bond donors (Lipinski definition) is 5. The largest absolute Gasteiger partial charge is 0.370 e. The van der Waals surface area contributed by atoms with Crippen LogP contribution in [0.5, 0.6) is 0 Å². The lowest BCUT2D eigenvalue weighted by Gasteiger charge is -2.08. The van der Waals surface area contributed by atoms with Crippen LogP contribution in [0, 0.1) is 10.8 Å². The lowest BCUT2D eigenvalue weighted by Crippen LogP contribution is -2.43. The summed E-state index contributed by atoms with van der Waals surface area (Å²) in [7, 11) is 0.728. The molecule has 86 valence electrons. The van der Waals surface area contributed by atoms with Gasteiger partial charge in [0.05, 0.1) is 0 Å². The van der Waals surface area contributed by atoms with Crippen LogP contribution < -0.4 is 21.7 Å². The molecule has 1 aromatic carbocycles. The summed E-state index contributed by atoms with van der Waals surface area (Å²) >= 11 is 0. The molecule has 1 rings (SSSR count). The maximum atomic E-state index is 7.36. The number of nitrogens with one attached hydrogen (secondary N) is 4. The molecule has 0 aliphatic heterocycles. The van der Waals surface area contributed by atoms with Crippen molar-refractivity contribution in [1.82, 2.24) is 10.6 Å². The maximum absolute atomic E-state index is 7.36. The van der Waals surface area contributed by atoms with Gasteiger partial charge in [0, 0.05) is 6.54 Å². The second-order valence-corrected chi connectivity index (χ2v) is 4.56. The van der Waals surface area contributed by atoms with Crippen molar-refractivity contribution < 1.29 is 0 Å². The molecule has 0 aliphatic rings. The lowest BCUT2D eigenvalue weighted by atomic mass is 10.4. The first-order valence-electron chi connectivity index (χ1n) is 4.91. The molecular formula is C10H16N5P. The highest BCUT2D eigenvalue weighted by molar-refractivity contribution is 7.47. The predicted octanol–water partition coefficient (Wildman–Crippen LogP) is -0.00216. The average molecular weight is 237 g/mol. The summed E-state index contributed by atoms with van der Waals surface area (Å²) in [6.45, 7) is 0.701. The minimum Gasteiger partial charge on any atom is -0.370 e. The van der Waals surface area contributed by atoms with Gasteiger partial charge in [-0.05, 0) is 11.5 Å². The van der Waals surface area contributed by atoms with Crippen molar-refractivity contribution in [2.75, 3.05) is 12.7 Å². The van der Waals surface area contributed by atoms with Crippen molar-refractivity contribution in [1.29, 1.82) is 10.8 Å². The van der Waals surface area contributed by atoms with Gasteiger partial charge in [-0.15, -0.1) is 0 Å². The Morgan fingerprint density at radius 2 is 1.94 bits per heavy atom. The summed E-state index contributed by atoms with van der Waals surface area (Å²) in [4.78, 5) is 0. The summed E-state index contributed by atoms with van der Waals surface area (Å²) in [5.41, 5.74) is 5.08. The smallest absolute Gasteiger partial charge is 0.195 e. The van der Waals surface area contributed by atoms with Gasteiger partial charge in [-0.1, -0.05) is 38.9 Å². The monoisotopic (exact) mass is 237 g/mol. The summed E-state index contributed by atoms with van der Waals surface area (Å²) in [5, 5.41) is 20.8. The SMILES string of the molecule is N=C(N)NC(=N)NCCPc1ccccc1. The molecule has 0 radical (unpaired) electrons. The van der Waals surface area contributed by atoms with Gasteiger partial charge >= 0.3 is 0 Å². The van der Waals surface area contributed by atoms with Crippen molar-refractivity contribution in [2.24, 2.45) is 5.73 Å². The van der Waals surface area contributed by atoms with E-state index >= 15 is 0 Å². The average Bonchev–Trinajstić information content (AvgIpc) is 2.25. The number of rotatable bonds is 4. The van der Waals surface area contributed by atoms with E-state index in [1.54, 1.807) is 0 Å². The van der Waals surface area contributed by atoms with Gasteiger partial charge in [-0.2, -0.15) is 0 Å². The van der Waals surface area contributed by atoms with Gasteiger partial charge in [0.2, 0.25) is 0 Å². The van der Waals surface area contributed by atoms with E-state index in [2.05, 4.69) is 22.8 Å². The molecule has 0 aromatic heterocycles. The van der Waals surface area contributed by atoms with Crippen LogP contribution in [0.2, 0.25) is 0 Å².